The third kappa shape index (κ3) is 0.953. The third-order valence-corrected chi connectivity index (χ3v) is 3.02. The van der Waals surface area contributed by atoms with E-state index in [1.54, 1.807) is 4.90 Å². The van der Waals surface area contributed by atoms with E-state index in [9.17, 15) is 4.79 Å². The van der Waals surface area contributed by atoms with Gasteiger partial charge in [-0.25, -0.2) is 4.79 Å². The number of allylic oxidation sites excluding steroid dienone is 4. The molecule has 0 spiro atoms. The molecule has 1 atom stereocenters. The summed E-state index contributed by atoms with van der Waals surface area (Å²) in [5.41, 5.74) is 2.48. The van der Waals surface area contributed by atoms with Crippen LogP contribution in [-0.4, -0.2) is 17.0 Å². The number of urea groups is 1. The molecule has 1 unspecified atom stereocenters. The van der Waals surface area contributed by atoms with Crippen LogP contribution in [0.3, 0.4) is 0 Å². The minimum Gasteiger partial charge on any atom is -0.329 e. The van der Waals surface area contributed by atoms with Crippen molar-refractivity contribution in [3.63, 3.8) is 0 Å². The monoisotopic (exact) mass is 188 g/mol. The van der Waals surface area contributed by atoms with E-state index in [0.717, 1.165) is 12.8 Å². The molecule has 1 aliphatic carbocycles. The zero-order chi connectivity index (χ0) is 9.54. The Morgan fingerprint density at radius 3 is 3.29 bits per heavy atom. The van der Waals surface area contributed by atoms with Crippen molar-refractivity contribution in [2.24, 2.45) is 0 Å². The Bertz CT molecular complexity index is 379. The largest absolute Gasteiger partial charge is 0.329 e. The lowest BCUT2D eigenvalue weighted by Gasteiger charge is -2.22. The summed E-state index contributed by atoms with van der Waals surface area (Å²) in [7, 11) is 0. The summed E-state index contributed by atoms with van der Waals surface area (Å²) in [4.78, 5) is 13.4. The predicted molar refractivity (Wildman–Crippen MR) is 53.3 cm³/mol. The molecule has 3 heteroatoms. The summed E-state index contributed by atoms with van der Waals surface area (Å²) in [6.45, 7) is 0. The fraction of sp³-hybridized carbons (Fsp3) is 0.364. The van der Waals surface area contributed by atoms with E-state index in [1.165, 1.54) is 17.7 Å². The highest BCUT2D eigenvalue weighted by Gasteiger charge is 2.36. The number of carbonyl (C=O) groups is 1. The number of hydrogen-bond donors (Lipinski definition) is 1. The maximum Gasteiger partial charge on any atom is 0.326 e. The molecule has 3 aliphatic rings. The van der Waals surface area contributed by atoms with E-state index in [1.807, 2.05) is 18.4 Å². The van der Waals surface area contributed by atoms with Crippen LogP contribution in [0.4, 0.5) is 4.79 Å². The van der Waals surface area contributed by atoms with Crippen molar-refractivity contribution >= 4 is 6.03 Å². The Morgan fingerprint density at radius 1 is 1.43 bits per heavy atom. The van der Waals surface area contributed by atoms with Crippen LogP contribution in [0, 0.1) is 0 Å². The fourth-order valence-electron chi connectivity index (χ4n) is 2.40. The summed E-state index contributed by atoms with van der Waals surface area (Å²) in [5.74, 6) is 0. The Balaban J connectivity index is 2.15. The highest BCUT2D eigenvalue weighted by Crippen LogP contribution is 2.33. The fourth-order valence-corrected chi connectivity index (χ4v) is 2.40. The maximum absolute atomic E-state index is 11.6. The summed E-state index contributed by atoms with van der Waals surface area (Å²) in [5, 5.41) is 3.00. The molecule has 14 heavy (non-hydrogen) atoms. The van der Waals surface area contributed by atoms with Gasteiger partial charge in [0.05, 0.1) is 11.7 Å². The van der Waals surface area contributed by atoms with Crippen molar-refractivity contribution in [2.45, 2.75) is 25.3 Å². The van der Waals surface area contributed by atoms with Crippen LogP contribution in [0.5, 0.6) is 0 Å². The van der Waals surface area contributed by atoms with Crippen LogP contribution < -0.4 is 5.32 Å². The van der Waals surface area contributed by atoms with Crippen LogP contribution in [0.1, 0.15) is 19.3 Å². The standard InChI is InChI=1S/C11H12N2O/c14-11-12-9-6-3-5-8-4-1-2-7-13(11)10(8)9/h1-2,4,7,9H,3,5-6H2,(H,12,14). The molecule has 72 valence electrons. The molecule has 3 rings (SSSR count). The third-order valence-electron chi connectivity index (χ3n) is 3.02. The quantitative estimate of drug-likeness (QED) is 0.618. The Labute approximate surface area is 82.8 Å². The molecule has 0 saturated carbocycles. The Kier molecular flexibility index (Phi) is 1.54. The number of hydrogen-bond acceptors (Lipinski definition) is 1. The molecule has 1 saturated heterocycles. The lowest BCUT2D eigenvalue weighted by Crippen LogP contribution is -2.27. The molecule has 1 N–H and O–H groups in total. The molecule has 0 bridgehead atoms. The molecule has 0 aromatic rings. The van der Waals surface area contributed by atoms with Gasteiger partial charge in [0.1, 0.15) is 0 Å². The molecule has 0 radical (unpaired) electrons. The smallest absolute Gasteiger partial charge is 0.326 e. The van der Waals surface area contributed by atoms with Gasteiger partial charge < -0.3 is 5.32 Å². The van der Waals surface area contributed by atoms with Crippen molar-refractivity contribution < 1.29 is 4.79 Å². The number of nitrogens with zero attached hydrogens (tertiary/aromatic N) is 1. The van der Waals surface area contributed by atoms with Crippen molar-refractivity contribution in [1.29, 1.82) is 0 Å². The SMILES string of the molecule is O=C1NC2CCCC3=C2N1C=CC=C3. The molecule has 0 aromatic carbocycles. The van der Waals surface area contributed by atoms with Crippen LogP contribution >= 0.6 is 0 Å². The van der Waals surface area contributed by atoms with Crippen LogP contribution in [0.2, 0.25) is 0 Å². The van der Waals surface area contributed by atoms with Crippen LogP contribution in [0.15, 0.2) is 35.7 Å². The molecule has 0 aromatic heterocycles. The average molecular weight is 188 g/mol. The highest BCUT2D eigenvalue weighted by atomic mass is 16.2. The van der Waals surface area contributed by atoms with Gasteiger partial charge in [0.2, 0.25) is 0 Å². The van der Waals surface area contributed by atoms with E-state index in [0.29, 0.717) is 0 Å². The van der Waals surface area contributed by atoms with Crippen molar-refractivity contribution in [3.8, 4) is 0 Å². The molecular formula is C11H12N2O. The van der Waals surface area contributed by atoms with E-state index < -0.39 is 0 Å². The van der Waals surface area contributed by atoms with Gasteiger partial charge in [0.25, 0.3) is 0 Å². The van der Waals surface area contributed by atoms with Gasteiger partial charge in [-0.1, -0.05) is 12.2 Å². The van der Waals surface area contributed by atoms with Gasteiger partial charge in [-0.3, -0.25) is 4.90 Å². The molecular weight excluding hydrogens is 176 g/mol. The van der Waals surface area contributed by atoms with E-state index in [4.69, 9.17) is 0 Å². The lowest BCUT2D eigenvalue weighted by atomic mass is 9.92. The number of amides is 2. The predicted octanol–water partition coefficient (Wildman–Crippen LogP) is 1.90. The zero-order valence-electron chi connectivity index (χ0n) is 7.86. The number of carbonyl (C=O) groups excluding carboxylic acids is 1. The molecule has 3 nitrogen and oxygen atoms in total. The van der Waals surface area contributed by atoms with Gasteiger partial charge in [0.15, 0.2) is 0 Å². The zero-order valence-corrected chi connectivity index (χ0v) is 7.86. The summed E-state index contributed by atoms with van der Waals surface area (Å²) in [6.07, 6.45) is 11.2. The average Bonchev–Trinajstić information content (AvgIpc) is 2.39. The summed E-state index contributed by atoms with van der Waals surface area (Å²) >= 11 is 0. The molecule has 2 amide bonds. The second-order valence-corrected chi connectivity index (χ2v) is 3.88. The summed E-state index contributed by atoms with van der Waals surface area (Å²) < 4.78 is 0. The lowest BCUT2D eigenvalue weighted by molar-refractivity contribution is 0.233. The van der Waals surface area contributed by atoms with Gasteiger partial charge in [-0.2, -0.15) is 0 Å². The molecule has 2 heterocycles. The molecule has 1 fully saturated rings. The number of rotatable bonds is 0. The van der Waals surface area contributed by atoms with Crippen molar-refractivity contribution in [3.05, 3.63) is 35.7 Å². The first-order chi connectivity index (χ1) is 6.86. The van der Waals surface area contributed by atoms with Crippen LogP contribution in [-0.2, 0) is 0 Å². The Hall–Kier alpha value is -1.51. The topological polar surface area (TPSA) is 32.3 Å². The first-order valence-electron chi connectivity index (χ1n) is 5.04. The van der Waals surface area contributed by atoms with E-state index >= 15 is 0 Å². The van der Waals surface area contributed by atoms with Crippen LogP contribution in [0.25, 0.3) is 0 Å². The van der Waals surface area contributed by atoms with Gasteiger partial charge in [0, 0.05) is 6.20 Å². The molecule has 2 aliphatic heterocycles. The van der Waals surface area contributed by atoms with E-state index in [2.05, 4.69) is 11.4 Å². The van der Waals surface area contributed by atoms with E-state index in [-0.39, 0.29) is 12.1 Å². The van der Waals surface area contributed by atoms with Crippen molar-refractivity contribution in [1.82, 2.24) is 10.2 Å². The van der Waals surface area contributed by atoms with Crippen molar-refractivity contribution in [2.75, 3.05) is 0 Å². The second kappa shape index (κ2) is 2.74. The second-order valence-electron chi connectivity index (χ2n) is 3.88. The normalized spacial score (nSPS) is 29.0. The first-order valence-corrected chi connectivity index (χ1v) is 5.04. The minimum absolute atomic E-state index is 0.0179. The number of nitrogens with one attached hydrogen (secondary N) is 1. The Morgan fingerprint density at radius 2 is 2.36 bits per heavy atom. The van der Waals surface area contributed by atoms with Gasteiger partial charge in [-0.15, -0.1) is 0 Å². The first kappa shape index (κ1) is 7.85. The van der Waals surface area contributed by atoms with Gasteiger partial charge >= 0.3 is 6.03 Å². The summed E-state index contributed by atoms with van der Waals surface area (Å²) in [6, 6.07) is 0.267. The van der Waals surface area contributed by atoms with Gasteiger partial charge in [-0.05, 0) is 30.9 Å². The highest BCUT2D eigenvalue weighted by molar-refractivity contribution is 5.82. The minimum atomic E-state index is 0.0179. The maximum atomic E-state index is 11.6.